The number of alkyl halides is 3. The molecule has 3 rings (SSSR count). The lowest BCUT2D eigenvalue weighted by molar-refractivity contribution is -0.137. The van der Waals surface area contributed by atoms with Gasteiger partial charge in [-0.2, -0.15) is 18.4 Å². The fourth-order valence-electron chi connectivity index (χ4n) is 3.59. The van der Waals surface area contributed by atoms with Crippen LogP contribution >= 0.6 is 0 Å². The summed E-state index contributed by atoms with van der Waals surface area (Å²) in [5.74, 6) is 0. The van der Waals surface area contributed by atoms with Crippen LogP contribution in [0.5, 0.6) is 0 Å². The number of carbonyl (C=O) groups is 1. The molecule has 0 unspecified atom stereocenters. The zero-order valence-electron chi connectivity index (χ0n) is 19.6. The number of urea groups is 1. The molecule has 1 atom stereocenters. The minimum atomic E-state index is -4.51. The average Bonchev–Trinajstić information content (AvgIpc) is 2.87. The van der Waals surface area contributed by atoms with E-state index in [4.69, 9.17) is 0 Å². The number of nitrogens with one attached hydrogen (secondary N) is 2. The summed E-state index contributed by atoms with van der Waals surface area (Å²) >= 11 is 0. The van der Waals surface area contributed by atoms with E-state index >= 15 is 0 Å². The highest BCUT2D eigenvalue weighted by Crippen LogP contribution is 2.29. The molecule has 2 amide bonds. The van der Waals surface area contributed by atoms with Crippen molar-refractivity contribution in [2.45, 2.75) is 25.0 Å². The maximum atomic E-state index is 12.8. The maximum Gasteiger partial charge on any atom is 0.453 e. The second kappa shape index (κ2) is 12.7. The lowest BCUT2D eigenvalue weighted by atomic mass is 9.79. The van der Waals surface area contributed by atoms with Crippen LogP contribution in [0, 0.1) is 11.3 Å². The van der Waals surface area contributed by atoms with Gasteiger partial charge in [0, 0.05) is 19.1 Å². The molecule has 2 aromatic carbocycles. The Kier molecular flexibility index (Phi) is 9.43. The van der Waals surface area contributed by atoms with E-state index in [2.05, 4.69) is 15.6 Å². The summed E-state index contributed by atoms with van der Waals surface area (Å²) in [7, 11) is -1.59. The number of hydrogen-bond donors (Lipinski definition) is 4. The van der Waals surface area contributed by atoms with Gasteiger partial charge in [-0.15, -0.1) is 0 Å². The van der Waals surface area contributed by atoms with Crippen LogP contribution in [0.25, 0.3) is 11.6 Å². The van der Waals surface area contributed by atoms with E-state index in [1.807, 2.05) is 18.2 Å². The summed E-state index contributed by atoms with van der Waals surface area (Å²) in [6, 6.07) is 19.1. The number of amides is 2. The lowest BCUT2D eigenvalue weighted by Gasteiger charge is -2.19. The molecule has 3 aromatic rings. The first-order valence-corrected chi connectivity index (χ1v) is 11.4. The Morgan fingerprint density at radius 3 is 2.49 bits per heavy atom. The Hall–Kier alpha value is -4.14. The number of rotatable bonds is 9. The monoisotopic (exact) mass is 508 g/mol. The number of carbonyl (C=O) groups excluding carboxylic acids is 1. The predicted molar refractivity (Wildman–Crippen MR) is 134 cm³/mol. The molecule has 37 heavy (non-hydrogen) atoms. The van der Waals surface area contributed by atoms with Crippen molar-refractivity contribution in [2.24, 2.45) is 0 Å². The minimum Gasteiger partial charge on any atom is -0.427 e. The van der Waals surface area contributed by atoms with Crippen LogP contribution in [0.4, 0.5) is 18.0 Å². The van der Waals surface area contributed by atoms with Crippen molar-refractivity contribution in [3.8, 4) is 6.07 Å². The molecule has 0 fully saturated rings. The molecule has 190 valence electrons. The van der Waals surface area contributed by atoms with Crippen molar-refractivity contribution in [2.75, 3.05) is 6.54 Å². The number of halogens is 3. The second-order valence-electron chi connectivity index (χ2n) is 8.17. The van der Waals surface area contributed by atoms with E-state index in [1.54, 1.807) is 42.5 Å². The first-order chi connectivity index (χ1) is 17.7. The topological polar surface area (TPSA) is 118 Å². The van der Waals surface area contributed by atoms with Gasteiger partial charge in [-0.3, -0.25) is 4.98 Å². The van der Waals surface area contributed by atoms with Gasteiger partial charge in [-0.1, -0.05) is 54.6 Å². The van der Waals surface area contributed by atoms with Gasteiger partial charge in [0.15, 0.2) is 0 Å². The SMILES string of the molecule is N#CC(=Cc1cccc(CCNC(=O)N[C@@H](CB(O)O)c2ccccc2)c1)c1ccc(C(F)(F)F)cn1. The van der Waals surface area contributed by atoms with E-state index in [-0.39, 0.29) is 24.1 Å². The molecular formula is C26H24BF3N4O3. The molecule has 0 spiro atoms. The molecule has 7 nitrogen and oxygen atoms in total. The molecule has 11 heteroatoms. The van der Waals surface area contributed by atoms with Crippen LogP contribution in [-0.4, -0.2) is 34.7 Å². The van der Waals surface area contributed by atoms with Gasteiger partial charge in [0.1, 0.15) is 6.07 Å². The van der Waals surface area contributed by atoms with Crippen molar-refractivity contribution in [3.63, 3.8) is 0 Å². The predicted octanol–water partition coefficient (Wildman–Crippen LogP) is 4.22. The van der Waals surface area contributed by atoms with Gasteiger partial charge < -0.3 is 20.7 Å². The van der Waals surface area contributed by atoms with E-state index in [1.165, 1.54) is 6.08 Å². The van der Waals surface area contributed by atoms with Crippen LogP contribution in [0.15, 0.2) is 72.9 Å². The largest absolute Gasteiger partial charge is 0.453 e. The Balaban J connectivity index is 1.60. The average molecular weight is 508 g/mol. The Morgan fingerprint density at radius 2 is 1.86 bits per heavy atom. The molecule has 0 aliphatic carbocycles. The highest BCUT2D eigenvalue weighted by molar-refractivity contribution is 6.41. The number of nitrogens with zero attached hydrogens (tertiary/aromatic N) is 2. The number of hydrogen-bond acceptors (Lipinski definition) is 5. The fraction of sp³-hybridized carbons (Fsp3) is 0.192. The quantitative estimate of drug-likeness (QED) is 0.255. The maximum absolute atomic E-state index is 12.8. The number of allylic oxidation sites excluding steroid dienone is 1. The molecule has 0 radical (unpaired) electrons. The van der Waals surface area contributed by atoms with E-state index in [9.17, 15) is 33.3 Å². The van der Waals surface area contributed by atoms with Gasteiger partial charge in [0.25, 0.3) is 0 Å². The third-order valence-corrected chi connectivity index (χ3v) is 5.40. The van der Waals surface area contributed by atoms with Crippen molar-refractivity contribution in [1.29, 1.82) is 5.26 Å². The van der Waals surface area contributed by atoms with Gasteiger partial charge in [-0.25, -0.2) is 4.79 Å². The molecule has 1 heterocycles. The highest BCUT2D eigenvalue weighted by Gasteiger charge is 2.30. The third kappa shape index (κ3) is 8.49. The van der Waals surface area contributed by atoms with Crippen LogP contribution in [0.1, 0.15) is 34.0 Å². The van der Waals surface area contributed by atoms with Gasteiger partial charge >= 0.3 is 19.3 Å². The normalized spacial score (nSPS) is 12.4. The Bertz CT molecular complexity index is 1260. The number of aromatic nitrogens is 1. The van der Waals surface area contributed by atoms with E-state index < -0.39 is 30.9 Å². The van der Waals surface area contributed by atoms with Gasteiger partial charge in [-0.05, 0) is 41.3 Å². The fourth-order valence-corrected chi connectivity index (χ4v) is 3.59. The number of benzene rings is 2. The summed E-state index contributed by atoms with van der Waals surface area (Å²) in [4.78, 5) is 16.2. The second-order valence-corrected chi connectivity index (χ2v) is 8.17. The van der Waals surface area contributed by atoms with Crippen LogP contribution in [0.3, 0.4) is 0 Å². The summed E-state index contributed by atoms with van der Waals surface area (Å²) in [5.41, 5.74) is 1.59. The van der Waals surface area contributed by atoms with Gasteiger partial charge in [0.2, 0.25) is 0 Å². The molecular weight excluding hydrogens is 484 g/mol. The van der Waals surface area contributed by atoms with Gasteiger partial charge in [0.05, 0.1) is 22.9 Å². The highest BCUT2D eigenvalue weighted by atomic mass is 19.4. The van der Waals surface area contributed by atoms with Crippen molar-refractivity contribution in [1.82, 2.24) is 15.6 Å². The summed E-state index contributed by atoms with van der Waals surface area (Å²) in [5, 5.41) is 33.7. The molecule has 0 aliphatic heterocycles. The first-order valence-electron chi connectivity index (χ1n) is 11.4. The smallest absolute Gasteiger partial charge is 0.427 e. The summed E-state index contributed by atoms with van der Waals surface area (Å²) in [6.07, 6.45) is -1.89. The first kappa shape index (κ1) is 27.5. The summed E-state index contributed by atoms with van der Waals surface area (Å²) in [6.45, 7) is 0.285. The van der Waals surface area contributed by atoms with Crippen LogP contribution < -0.4 is 10.6 Å². The van der Waals surface area contributed by atoms with Crippen molar-refractivity contribution < 1.29 is 28.0 Å². The number of pyridine rings is 1. The Labute approximate surface area is 212 Å². The molecule has 0 saturated heterocycles. The standard InChI is InChI=1S/C26H24BF3N4O3/c28-26(29,30)22-9-10-23(33-17-22)21(16-31)14-19-6-4-5-18(13-19)11-12-32-25(35)34-24(15-27(36)37)20-7-2-1-3-8-20/h1-10,13-14,17,24,36-37H,11-12,15H2,(H2,32,34,35)/t24-/m0/s1. The zero-order chi connectivity index (χ0) is 26.8. The number of nitriles is 1. The molecule has 4 N–H and O–H groups in total. The molecule has 0 saturated carbocycles. The zero-order valence-corrected chi connectivity index (χ0v) is 19.6. The molecule has 0 bridgehead atoms. The van der Waals surface area contributed by atoms with E-state index in [0.717, 1.165) is 23.3 Å². The van der Waals surface area contributed by atoms with Crippen LogP contribution in [-0.2, 0) is 12.6 Å². The van der Waals surface area contributed by atoms with E-state index in [0.29, 0.717) is 18.2 Å². The molecule has 0 aliphatic rings. The van der Waals surface area contributed by atoms with Crippen LogP contribution in [0.2, 0.25) is 6.32 Å². The minimum absolute atomic E-state index is 0.0686. The molecule has 1 aromatic heterocycles. The van der Waals surface area contributed by atoms with Crippen molar-refractivity contribution in [3.05, 3.63) is 101 Å². The van der Waals surface area contributed by atoms with Crippen molar-refractivity contribution >= 4 is 24.8 Å². The third-order valence-electron chi connectivity index (χ3n) is 5.40. The summed E-state index contributed by atoms with van der Waals surface area (Å²) < 4.78 is 38.3. The Morgan fingerprint density at radius 1 is 1.11 bits per heavy atom. The lowest BCUT2D eigenvalue weighted by Crippen LogP contribution is -2.40.